The maximum atomic E-state index is 12.0. The third kappa shape index (κ3) is 8.24. The van der Waals surface area contributed by atoms with Gasteiger partial charge in [0, 0.05) is 0 Å². The molecule has 0 aromatic heterocycles. The fourth-order valence-corrected chi connectivity index (χ4v) is 2.33. The third-order valence-corrected chi connectivity index (χ3v) is 3.27. The molecule has 1 amide bonds. The zero-order chi connectivity index (χ0) is 16.6. The van der Waals surface area contributed by atoms with Crippen LogP contribution in [0.25, 0.3) is 0 Å². The highest BCUT2D eigenvalue weighted by atomic mass is 16.6. The Labute approximate surface area is 130 Å². The van der Waals surface area contributed by atoms with Crippen molar-refractivity contribution in [3.8, 4) is 0 Å². The number of hydrogen-bond acceptors (Lipinski definition) is 5. The van der Waals surface area contributed by atoms with Gasteiger partial charge in [-0.2, -0.15) is 0 Å². The Hall–Kier alpha value is -0.850. The van der Waals surface area contributed by atoms with E-state index in [-0.39, 0.29) is 18.4 Å². The van der Waals surface area contributed by atoms with Gasteiger partial charge >= 0.3 is 6.09 Å². The minimum Gasteiger partial charge on any atom is -0.444 e. The van der Waals surface area contributed by atoms with Gasteiger partial charge in [-0.3, -0.25) is 9.80 Å². The van der Waals surface area contributed by atoms with E-state index in [1.807, 2.05) is 49.0 Å². The van der Waals surface area contributed by atoms with Crippen molar-refractivity contribution in [2.24, 2.45) is 0 Å². The van der Waals surface area contributed by atoms with Gasteiger partial charge in [0.05, 0.1) is 12.3 Å². The van der Waals surface area contributed by atoms with Gasteiger partial charge in [0.2, 0.25) is 0 Å². The van der Waals surface area contributed by atoms with E-state index in [1.54, 1.807) is 0 Å². The standard InChI is InChI=1S/C15H34N4O2/c1-9-13(18(6)7)19(8)12(10-11-16-5)17-14(20)21-15(2,3)4/h12-13,16H,9-11H2,1-8H3,(H,17,20). The minimum atomic E-state index is -0.484. The van der Waals surface area contributed by atoms with Crippen LogP contribution in [0.5, 0.6) is 0 Å². The summed E-state index contributed by atoms with van der Waals surface area (Å²) in [6, 6.07) is 0. The first kappa shape index (κ1) is 20.1. The van der Waals surface area contributed by atoms with Crippen LogP contribution in [0.4, 0.5) is 4.79 Å². The van der Waals surface area contributed by atoms with Gasteiger partial charge in [0.15, 0.2) is 0 Å². The lowest BCUT2D eigenvalue weighted by atomic mass is 10.2. The van der Waals surface area contributed by atoms with E-state index in [2.05, 4.69) is 27.4 Å². The topological polar surface area (TPSA) is 56.8 Å². The number of ether oxygens (including phenoxy) is 1. The number of carbonyl (C=O) groups is 1. The SMILES string of the molecule is CCC(N(C)C)N(C)C(CCNC)NC(=O)OC(C)(C)C. The maximum absolute atomic E-state index is 12.0. The Bertz CT molecular complexity index is 303. The lowest BCUT2D eigenvalue weighted by molar-refractivity contribution is 0.0201. The van der Waals surface area contributed by atoms with Crippen LogP contribution < -0.4 is 10.6 Å². The molecule has 2 unspecified atom stereocenters. The molecule has 0 saturated carbocycles. The molecule has 0 radical (unpaired) electrons. The highest BCUT2D eigenvalue weighted by molar-refractivity contribution is 5.68. The van der Waals surface area contributed by atoms with E-state index in [0.717, 1.165) is 19.4 Å². The molecule has 2 N–H and O–H groups in total. The van der Waals surface area contributed by atoms with Gasteiger partial charge in [0.1, 0.15) is 5.60 Å². The molecule has 0 spiro atoms. The van der Waals surface area contributed by atoms with Crippen molar-refractivity contribution in [3.05, 3.63) is 0 Å². The molecule has 0 aromatic rings. The number of nitrogens with zero attached hydrogens (tertiary/aromatic N) is 2. The number of alkyl carbamates (subject to hydrolysis) is 1. The predicted molar refractivity (Wildman–Crippen MR) is 87.2 cm³/mol. The highest BCUT2D eigenvalue weighted by Gasteiger charge is 2.26. The molecule has 0 fully saturated rings. The van der Waals surface area contributed by atoms with Gasteiger partial charge in [-0.05, 0) is 68.3 Å². The van der Waals surface area contributed by atoms with Crippen LogP contribution in [0, 0.1) is 0 Å². The number of carbonyl (C=O) groups excluding carboxylic acids is 1. The largest absolute Gasteiger partial charge is 0.444 e. The minimum absolute atomic E-state index is 0.0698. The van der Waals surface area contributed by atoms with Crippen LogP contribution in [0.1, 0.15) is 40.5 Å². The van der Waals surface area contributed by atoms with Crippen LogP contribution in [-0.2, 0) is 4.74 Å². The zero-order valence-electron chi connectivity index (χ0n) is 15.0. The fraction of sp³-hybridized carbons (Fsp3) is 0.933. The summed E-state index contributed by atoms with van der Waals surface area (Å²) < 4.78 is 5.36. The van der Waals surface area contributed by atoms with Crippen LogP contribution in [0.15, 0.2) is 0 Å². The Morgan fingerprint density at radius 2 is 1.81 bits per heavy atom. The number of hydrogen-bond donors (Lipinski definition) is 2. The Balaban J connectivity index is 4.81. The molecule has 0 aromatic carbocycles. The molecular weight excluding hydrogens is 268 g/mol. The van der Waals surface area contributed by atoms with E-state index >= 15 is 0 Å². The van der Waals surface area contributed by atoms with Gasteiger partial charge in [-0.1, -0.05) is 6.92 Å². The Kier molecular flexibility index (Phi) is 8.85. The monoisotopic (exact) mass is 302 g/mol. The molecule has 0 aliphatic heterocycles. The quantitative estimate of drug-likeness (QED) is 0.668. The number of nitrogens with one attached hydrogen (secondary N) is 2. The fourth-order valence-electron chi connectivity index (χ4n) is 2.33. The highest BCUT2D eigenvalue weighted by Crippen LogP contribution is 2.12. The van der Waals surface area contributed by atoms with Crippen molar-refractivity contribution in [1.82, 2.24) is 20.4 Å². The molecule has 21 heavy (non-hydrogen) atoms. The average Bonchev–Trinajstić information content (AvgIpc) is 2.32. The first-order chi connectivity index (χ1) is 9.62. The molecule has 2 atom stereocenters. The second-order valence-corrected chi connectivity index (χ2v) is 6.57. The average molecular weight is 302 g/mol. The molecule has 0 aliphatic carbocycles. The van der Waals surface area contributed by atoms with Crippen LogP contribution in [0.3, 0.4) is 0 Å². The summed E-state index contributed by atoms with van der Waals surface area (Å²) in [6.45, 7) is 8.58. The zero-order valence-corrected chi connectivity index (χ0v) is 15.0. The first-order valence-electron chi connectivity index (χ1n) is 7.64. The van der Waals surface area contributed by atoms with E-state index in [0.29, 0.717) is 0 Å². The first-order valence-corrected chi connectivity index (χ1v) is 7.64. The van der Waals surface area contributed by atoms with E-state index < -0.39 is 5.60 Å². The molecular formula is C15H34N4O2. The van der Waals surface area contributed by atoms with Crippen LogP contribution >= 0.6 is 0 Å². The van der Waals surface area contributed by atoms with Crippen molar-refractivity contribution in [1.29, 1.82) is 0 Å². The van der Waals surface area contributed by atoms with Gasteiger partial charge in [0.25, 0.3) is 0 Å². The van der Waals surface area contributed by atoms with Crippen molar-refractivity contribution < 1.29 is 9.53 Å². The molecule has 0 saturated heterocycles. The summed E-state index contributed by atoms with van der Waals surface area (Å²) in [5.74, 6) is 0. The maximum Gasteiger partial charge on any atom is 0.408 e. The summed E-state index contributed by atoms with van der Waals surface area (Å²) in [5.41, 5.74) is -0.484. The predicted octanol–water partition coefficient (Wildman–Crippen LogP) is 1.68. The van der Waals surface area contributed by atoms with Gasteiger partial charge in [-0.25, -0.2) is 4.79 Å². The Morgan fingerprint density at radius 1 is 1.24 bits per heavy atom. The normalized spacial score (nSPS) is 15.1. The van der Waals surface area contributed by atoms with Gasteiger partial charge in [-0.15, -0.1) is 0 Å². The molecule has 0 bridgehead atoms. The molecule has 0 heterocycles. The lowest BCUT2D eigenvalue weighted by Crippen LogP contribution is -2.55. The summed E-state index contributed by atoms with van der Waals surface area (Å²) in [4.78, 5) is 16.4. The second-order valence-electron chi connectivity index (χ2n) is 6.57. The van der Waals surface area contributed by atoms with Crippen LogP contribution in [0.2, 0.25) is 0 Å². The van der Waals surface area contributed by atoms with Crippen LogP contribution in [-0.4, -0.2) is 68.6 Å². The smallest absolute Gasteiger partial charge is 0.408 e. The number of amides is 1. The van der Waals surface area contributed by atoms with E-state index in [4.69, 9.17) is 4.74 Å². The summed E-state index contributed by atoms with van der Waals surface area (Å²) in [7, 11) is 8.04. The van der Waals surface area contributed by atoms with Crippen molar-refractivity contribution in [2.75, 3.05) is 34.7 Å². The molecule has 6 nitrogen and oxygen atoms in total. The van der Waals surface area contributed by atoms with Crippen molar-refractivity contribution in [2.45, 2.75) is 58.5 Å². The third-order valence-electron chi connectivity index (χ3n) is 3.27. The molecule has 6 heteroatoms. The van der Waals surface area contributed by atoms with E-state index in [9.17, 15) is 4.79 Å². The van der Waals surface area contributed by atoms with Crippen molar-refractivity contribution in [3.63, 3.8) is 0 Å². The second kappa shape index (κ2) is 9.23. The summed E-state index contributed by atoms with van der Waals surface area (Å²) in [5, 5.41) is 6.10. The summed E-state index contributed by atoms with van der Waals surface area (Å²) in [6.07, 6.45) is 1.62. The molecule has 126 valence electrons. The van der Waals surface area contributed by atoms with E-state index in [1.165, 1.54) is 0 Å². The molecule has 0 rings (SSSR count). The lowest BCUT2D eigenvalue weighted by Gasteiger charge is -2.38. The van der Waals surface area contributed by atoms with Crippen molar-refractivity contribution >= 4 is 6.09 Å². The van der Waals surface area contributed by atoms with Gasteiger partial charge < -0.3 is 15.4 Å². The molecule has 0 aliphatic rings. The number of rotatable bonds is 8. The Morgan fingerprint density at radius 3 is 2.19 bits per heavy atom. The summed E-state index contributed by atoms with van der Waals surface area (Å²) >= 11 is 0.